The summed E-state index contributed by atoms with van der Waals surface area (Å²) in [4.78, 5) is 29.2. The molecule has 0 saturated carbocycles. The Labute approximate surface area is 159 Å². The fraction of sp³-hybridized carbons (Fsp3) is 0.100. The third kappa shape index (κ3) is 4.31. The molecular formula is C20H17ClN2O2S. The highest BCUT2D eigenvalue weighted by atomic mass is 35.5. The van der Waals surface area contributed by atoms with Crippen LogP contribution in [0, 0.1) is 0 Å². The largest absolute Gasteiger partial charge is 0.378 e. The third-order valence-corrected chi connectivity index (χ3v) is 4.99. The minimum Gasteiger partial charge on any atom is -0.378 e. The lowest BCUT2D eigenvalue weighted by atomic mass is 10.1. The molecule has 0 aliphatic carbocycles. The van der Waals surface area contributed by atoms with Crippen molar-refractivity contribution in [3.63, 3.8) is 0 Å². The number of rotatable bonds is 4. The van der Waals surface area contributed by atoms with E-state index in [2.05, 4.69) is 4.98 Å². The van der Waals surface area contributed by atoms with Crippen LogP contribution in [0.4, 0.5) is 5.69 Å². The molecule has 1 aromatic heterocycles. The van der Waals surface area contributed by atoms with E-state index >= 15 is 0 Å². The Hall–Kier alpha value is -2.63. The van der Waals surface area contributed by atoms with Gasteiger partial charge in [-0.1, -0.05) is 23.7 Å². The fourth-order valence-corrected chi connectivity index (χ4v) is 3.37. The summed E-state index contributed by atoms with van der Waals surface area (Å²) >= 11 is 7.09. The summed E-state index contributed by atoms with van der Waals surface area (Å²) in [6.07, 6.45) is 3.24. The van der Waals surface area contributed by atoms with E-state index in [4.69, 9.17) is 11.6 Å². The van der Waals surface area contributed by atoms with Crippen LogP contribution in [0.1, 0.15) is 15.9 Å². The van der Waals surface area contributed by atoms with Gasteiger partial charge in [0.05, 0.1) is 9.20 Å². The molecule has 0 fully saturated rings. The molecule has 0 spiro atoms. The number of anilines is 1. The van der Waals surface area contributed by atoms with Gasteiger partial charge in [0.25, 0.3) is 5.56 Å². The molecule has 1 heterocycles. The summed E-state index contributed by atoms with van der Waals surface area (Å²) < 4.78 is 1.07. The minimum absolute atomic E-state index is 0.180. The van der Waals surface area contributed by atoms with Crippen LogP contribution < -0.4 is 19.7 Å². The number of halogens is 1. The number of ketones is 1. The maximum atomic E-state index is 12.3. The Bertz CT molecular complexity index is 1090. The number of carbonyl (C=O) groups is 1. The van der Waals surface area contributed by atoms with Crippen LogP contribution in [0.5, 0.6) is 0 Å². The van der Waals surface area contributed by atoms with Gasteiger partial charge < -0.3 is 9.88 Å². The molecule has 0 unspecified atom stereocenters. The number of benzene rings is 2. The second-order valence-corrected chi connectivity index (χ2v) is 7.45. The minimum atomic E-state index is -0.207. The molecule has 0 aliphatic heterocycles. The molecule has 6 heteroatoms. The van der Waals surface area contributed by atoms with E-state index in [9.17, 15) is 9.59 Å². The second-order valence-electron chi connectivity index (χ2n) is 5.93. The van der Waals surface area contributed by atoms with Crippen LogP contribution >= 0.6 is 22.9 Å². The Kier molecular flexibility index (Phi) is 5.40. The molecule has 0 saturated heterocycles. The van der Waals surface area contributed by atoms with Crippen LogP contribution in [0.3, 0.4) is 0 Å². The van der Waals surface area contributed by atoms with Gasteiger partial charge in [0.2, 0.25) is 0 Å². The second kappa shape index (κ2) is 7.72. The van der Waals surface area contributed by atoms with E-state index in [1.807, 2.05) is 49.3 Å². The summed E-state index contributed by atoms with van der Waals surface area (Å²) in [5, 5.41) is 0.572. The molecule has 0 bridgehead atoms. The first-order valence-electron chi connectivity index (χ1n) is 7.92. The van der Waals surface area contributed by atoms with Crippen molar-refractivity contribution in [2.24, 2.45) is 0 Å². The zero-order valence-electron chi connectivity index (χ0n) is 14.3. The standard InChI is InChI=1S/C20H17ClN2O2S/c1-23(2)16-9-3-13(4-10-16)11-18-20(25)22-19(26-18)12-17(24)14-5-7-15(21)8-6-14/h3-12H,1-2H3,(H,22,25)/b18-11-,19-12-. The molecular weight excluding hydrogens is 368 g/mol. The first kappa shape index (κ1) is 18.2. The maximum Gasteiger partial charge on any atom is 0.266 e. The van der Waals surface area contributed by atoms with E-state index in [0.717, 1.165) is 11.3 Å². The van der Waals surface area contributed by atoms with Gasteiger partial charge in [-0.2, -0.15) is 0 Å². The topological polar surface area (TPSA) is 53.2 Å². The average molecular weight is 385 g/mol. The molecule has 0 radical (unpaired) electrons. The average Bonchev–Trinajstić information content (AvgIpc) is 2.95. The van der Waals surface area contributed by atoms with E-state index in [1.165, 1.54) is 17.4 Å². The molecule has 0 amide bonds. The predicted molar refractivity (Wildman–Crippen MR) is 109 cm³/mol. The number of nitrogens with one attached hydrogen (secondary N) is 1. The van der Waals surface area contributed by atoms with Gasteiger partial charge in [0.1, 0.15) is 0 Å². The number of hydrogen-bond acceptors (Lipinski definition) is 4. The Morgan fingerprint density at radius 3 is 2.35 bits per heavy atom. The van der Waals surface area contributed by atoms with Crippen LogP contribution in [0.15, 0.2) is 53.3 Å². The maximum absolute atomic E-state index is 12.3. The summed E-state index contributed by atoms with van der Waals surface area (Å²) in [6, 6.07) is 14.5. The smallest absolute Gasteiger partial charge is 0.266 e. The van der Waals surface area contributed by atoms with Crippen LogP contribution in [-0.4, -0.2) is 24.9 Å². The van der Waals surface area contributed by atoms with Crippen LogP contribution in [-0.2, 0) is 0 Å². The number of H-pyrrole nitrogens is 1. The van der Waals surface area contributed by atoms with E-state index in [-0.39, 0.29) is 11.3 Å². The molecule has 0 aliphatic rings. The van der Waals surface area contributed by atoms with Gasteiger partial charge >= 0.3 is 0 Å². The number of hydrogen-bond donors (Lipinski definition) is 1. The normalized spacial score (nSPS) is 12.4. The van der Waals surface area contributed by atoms with Crippen LogP contribution in [0.25, 0.3) is 12.2 Å². The quantitative estimate of drug-likeness (QED) is 0.703. The lowest BCUT2D eigenvalue weighted by Crippen LogP contribution is -2.20. The first-order chi connectivity index (χ1) is 12.4. The van der Waals surface area contributed by atoms with E-state index < -0.39 is 0 Å². The Morgan fingerprint density at radius 2 is 1.73 bits per heavy atom. The fourth-order valence-electron chi connectivity index (χ4n) is 2.36. The van der Waals surface area contributed by atoms with Crippen molar-refractivity contribution in [1.82, 2.24) is 4.98 Å². The molecule has 0 atom stereocenters. The van der Waals surface area contributed by atoms with E-state index in [1.54, 1.807) is 24.3 Å². The number of nitrogens with zero attached hydrogens (tertiary/aromatic N) is 1. The zero-order chi connectivity index (χ0) is 18.7. The highest BCUT2D eigenvalue weighted by molar-refractivity contribution is 7.07. The van der Waals surface area contributed by atoms with Gasteiger partial charge in [0.15, 0.2) is 5.78 Å². The number of aromatic nitrogens is 1. The molecule has 4 nitrogen and oxygen atoms in total. The monoisotopic (exact) mass is 384 g/mol. The van der Waals surface area contributed by atoms with Crippen molar-refractivity contribution >= 4 is 46.6 Å². The Morgan fingerprint density at radius 1 is 1.08 bits per heavy atom. The van der Waals surface area contributed by atoms with Crippen molar-refractivity contribution < 1.29 is 4.79 Å². The molecule has 26 heavy (non-hydrogen) atoms. The van der Waals surface area contributed by atoms with Gasteiger partial charge in [-0.15, -0.1) is 11.3 Å². The summed E-state index contributed by atoms with van der Waals surface area (Å²) in [5.41, 5.74) is 2.33. The number of aromatic amines is 1. The number of Topliss-reactive ketones (excluding diaryl/α,β-unsaturated/α-hetero) is 1. The Balaban J connectivity index is 1.92. The van der Waals surface area contributed by atoms with E-state index in [0.29, 0.717) is 19.8 Å². The lowest BCUT2D eigenvalue weighted by molar-refractivity contribution is 0.106. The molecule has 132 valence electrons. The SMILES string of the molecule is CN(C)c1ccc(/C=c2\s/c(=C\C(=O)c3ccc(Cl)cc3)[nH]c2=O)cc1. The van der Waals surface area contributed by atoms with Gasteiger partial charge in [-0.05, 0) is 48.0 Å². The summed E-state index contributed by atoms with van der Waals surface area (Å²) in [6.45, 7) is 0. The predicted octanol–water partition coefficient (Wildman–Crippen LogP) is 2.65. The highest BCUT2D eigenvalue weighted by Crippen LogP contribution is 2.12. The molecule has 3 aromatic rings. The van der Waals surface area contributed by atoms with Crippen LogP contribution in [0.2, 0.25) is 5.02 Å². The van der Waals surface area contributed by atoms with Crippen molar-refractivity contribution in [2.75, 3.05) is 19.0 Å². The van der Waals surface area contributed by atoms with Gasteiger partial charge in [0, 0.05) is 36.4 Å². The number of carbonyl (C=O) groups excluding carboxylic acids is 1. The van der Waals surface area contributed by atoms with Crippen molar-refractivity contribution in [3.8, 4) is 0 Å². The lowest BCUT2D eigenvalue weighted by Gasteiger charge is -2.11. The van der Waals surface area contributed by atoms with Crippen molar-refractivity contribution in [3.05, 3.63) is 84.2 Å². The molecule has 1 N–H and O–H groups in total. The molecule has 2 aromatic carbocycles. The van der Waals surface area contributed by atoms with Crippen molar-refractivity contribution in [1.29, 1.82) is 0 Å². The van der Waals surface area contributed by atoms with Gasteiger partial charge in [-0.25, -0.2) is 0 Å². The highest BCUT2D eigenvalue weighted by Gasteiger charge is 2.03. The third-order valence-electron chi connectivity index (χ3n) is 3.78. The first-order valence-corrected chi connectivity index (χ1v) is 9.12. The van der Waals surface area contributed by atoms with Gasteiger partial charge in [-0.3, -0.25) is 9.59 Å². The molecule has 3 rings (SSSR count). The summed E-state index contributed by atoms with van der Waals surface area (Å²) in [5.74, 6) is -0.180. The van der Waals surface area contributed by atoms with Crippen molar-refractivity contribution in [2.45, 2.75) is 0 Å². The zero-order valence-corrected chi connectivity index (χ0v) is 15.9. The summed E-state index contributed by atoms with van der Waals surface area (Å²) in [7, 11) is 3.95. The number of thiazole rings is 1.